The summed E-state index contributed by atoms with van der Waals surface area (Å²) in [5, 5.41) is 0. The molecule has 0 saturated heterocycles. The molecule has 0 atom stereocenters. The molecule has 0 radical (unpaired) electrons. The number of methoxy groups -OCH3 is 2. The van der Waals surface area contributed by atoms with E-state index >= 15 is 0 Å². The first-order valence-electron chi connectivity index (χ1n) is 6.90. The van der Waals surface area contributed by atoms with Crippen LogP contribution in [0.5, 0.6) is 17.2 Å². The van der Waals surface area contributed by atoms with E-state index in [2.05, 4.69) is 0 Å². The van der Waals surface area contributed by atoms with Crippen LogP contribution in [0.25, 0.3) is 6.08 Å². The third kappa shape index (κ3) is 2.33. The van der Waals surface area contributed by atoms with E-state index in [1.54, 1.807) is 32.4 Å². The summed E-state index contributed by atoms with van der Waals surface area (Å²) in [5.74, 6) is 2.19. The minimum absolute atomic E-state index is 0.122. The fraction of sp³-hybridized carbons (Fsp3) is 0.167. The van der Waals surface area contributed by atoms with Crippen molar-refractivity contribution in [2.45, 2.75) is 6.92 Å². The Morgan fingerprint density at radius 2 is 1.91 bits per heavy atom. The lowest BCUT2D eigenvalue weighted by molar-refractivity contribution is 0.101. The highest BCUT2D eigenvalue weighted by atomic mass is 16.5. The highest BCUT2D eigenvalue weighted by Crippen LogP contribution is 2.39. The Hall–Kier alpha value is -2.75. The molecule has 4 nitrogen and oxygen atoms in total. The van der Waals surface area contributed by atoms with Crippen molar-refractivity contribution in [1.29, 1.82) is 0 Å². The monoisotopic (exact) mass is 296 g/mol. The van der Waals surface area contributed by atoms with Gasteiger partial charge in [-0.15, -0.1) is 0 Å². The summed E-state index contributed by atoms with van der Waals surface area (Å²) in [7, 11) is 3.20. The maximum atomic E-state index is 12.4. The topological polar surface area (TPSA) is 44.8 Å². The average Bonchev–Trinajstić information content (AvgIpc) is 2.85. The van der Waals surface area contributed by atoms with Crippen molar-refractivity contribution in [2.75, 3.05) is 14.2 Å². The van der Waals surface area contributed by atoms with Gasteiger partial charge in [-0.05, 0) is 42.8 Å². The second-order valence-electron chi connectivity index (χ2n) is 4.99. The van der Waals surface area contributed by atoms with E-state index in [4.69, 9.17) is 14.2 Å². The number of benzene rings is 2. The largest absolute Gasteiger partial charge is 0.497 e. The summed E-state index contributed by atoms with van der Waals surface area (Å²) in [4.78, 5) is 12.4. The molecule has 0 N–H and O–H groups in total. The molecule has 1 heterocycles. The lowest BCUT2D eigenvalue weighted by Crippen LogP contribution is -1.98. The Morgan fingerprint density at radius 3 is 2.64 bits per heavy atom. The van der Waals surface area contributed by atoms with Crippen LogP contribution in [-0.2, 0) is 0 Å². The Labute approximate surface area is 128 Å². The molecule has 0 spiro atoms. The van der Waals surface area contributed by atoms with E-state index in [1.807, 2.05) is 31.2 Å². The lowest BCUT2D eigenvalue weighted by Gasteiger charge is -2.07. The molecule has 22 heavy (non-hydrogen) atoms. The van der Waals surface area contributed by atoms with Crippen LogP contribution in [0.3, 0.4) is 0 Å². The van der Waals surface area contributed by atoms with Gasteiger partial charge in [-0.25, -0.2) is 0 Å². The minimum atomic E-state index is -0.122. The summed E-state index contributed by atoms with van der Waals surface area (Å²) in [5.41, 5.74) is 2.23. The van der Waals surface area contributed by atoms with Gasteiger partial charge in [0.15, 0.2) is 5.76 Å². The van der Waals surface area contributed by atoms with Crippen molar-refractivity contribution in [3.8, 4) is 17.2 Å². The molecule has 3 rings (SSSR count). The third-order valence-electron chi connectivity index (χ3n) is 3.65. The van der Waals surface area contributed by atoms with Gasteiger partial charge in [0.05, 0.1) is 19.8 Å². The van der Waals surface area contributed by atoms with E-state index in [0.29, 0.717) is 22.8 Å². The van der Waals surface area contributed by atoms with Gasteiger partial charge in [0.25, 0.3) is 0 Å². The van der Waals surface area contributed by atoms with Crippen LogP contribution >= 0.6 is 0 Å². The maximum Gasteiger partial charge on any atom is 0.231 e. The van der Waals surface area contributed by atoms with E-state index in [-0.39, 0.29) is 5.78 Å². The number of rotatable bonds is 3. The summed E-state index contributed by atoms with van der Waals surface area (Å²) in [6, 6.07) is 11.0. The summed E-state index contributed by atoms with van der Waals surface area (Å²) < 4.78 is 16.2. The first-order valence-corrected chi connectivity index (χ1v) is 6.90. The highest BCUT2D eigenvalue weighted by molar-refractivity contribution is 6.14. The van der Waals surface area contributed by atoms with Crippen LogP contribution in [0.1, 0.15) is 21.5 Å². The normalized spacial score (nSPS) is 14.7. The van der Waals surface area contributed by atoms with E-state index < -0.39 is 0 Å². The van der Waals surface area contributed by atoms with Gasteiger partial charge in [-0.1, -0.05) is 12.1 Å². The molecule has 0 saturated carbocycles. The van der Waals surface area contributed by atoms with Crippen molar-refractivity contribution < 1.29 is 19.0 Å². The zero-order valence-corrected chi connectivity index (χ0v) is 12.7. The Kier molecular flexibility index (Phi) is 3.59. The number of hydrogen-bond donors (Lipinski definition) is 0. The predicted molar refractivity (Wildman–Crippen MR) is 83.7 cm³/mol. The average molecular weight is 296 g/mol. The number of ketones is 1. The fourth-order valence-corrected chi connectivity index (χ4v) is 2.47. The van der Waals surface area contributed by atoms with Gasteiger partial charge in [-0.3, -0.25) is 4.79 Å². The number of allylic oxidation sites excluding steroid dienone is 1. The minimum Gasteiger partial charge on any atom is -0.497 e. The first-order chi connectivity index (χ1) is 10.6. The number of ether oxygens (including phenoxy) is 3. The van der Waals surface area contributed by atoms with Crippen molar-refractivity contribution in [2.24, 2.45) is 0 Å². The molecular weight excluding hydrogens is 280 g/mol. The smallest absolute Gasteiger partial charge is 0.231 e. The Bertz CT molecular complexity index is 775. The summed E-state index contributed by atoms with van der Waals surface area (Å²) >= 11 is 0. The van der Waals surface area contributed by atoms with Crippen molar-refractivity contribution in [3.05, 3.63) is 58.8 Å². The van der Waals surface area contributed by atoms with Crippen LogP contribution < -0.4 is 14.2 Å². The molecule has 112 valence electrons. The number of carbonyl (C=O) groups excluding carboxylic acids is 1. The molecule has 2 aromatic carbocycles. The number of fused-ring (bicyclic) bond motifs is 1. The molecule has 0 bridgehead atoms. The molecule has 0 aliphatic carbocycles. The number of Topliss-reactive ketones (excluding diaryl/α,β-unsaturated/α-hetero) is 1. The number of carbonyl (C=O) groups is 1. The lowest BCUT2D eigenvalue weighted by atomic mass is 10.1. The molecule has 1 aliphatic heterocycles. The second kappa shape index (κ2) is 5.56. The SMILES string of the molecule is COc1cccc(/C=C2\Oc3c(ccc(OC)c3C)C2=O)c1. The van der Waals surface area contributed by atoms with Gasteiger partial charge in [0, 0.05) is 5.56 Å². The fourth-order valence-electron chi connectivity index (χ4n) is 2.47. The molecular formula is C18H16O4. The molecule has 0 fully saturated rings. The second-order valence-corrected chi connectivity index (χ2v) is 4.99. The van der Waals surface area contributed by atoms with E-state index in [9.17, 15) is 4.79 Å². The summed E-state index contributed by atoms with van der Waals surface area (Å²) in [6.45, 7) is 1.87. The van der Waals surface area contributed by atoms with E-state index in [0.717, 1.165) is 16.9 Å². The van der Waals surface area contributed by atoms with Crippen molar-refractivity contribution in [1.82, 2.24) is 0 Å². The van der Waals surface area contributed by atoms with E-state index in [1.165, 1.54) is 0 Å². The maximum absolute atomic E-state index is 12.4. The molecule has 0 aromatic heterocycles. The molecule has 1 aliphatic rings. The first kappa shape index (κ1) is 14.2. The predicted octanol–water partition coefficient (Wildman–Crippen LogP) is 3.63. The van der Waals surface area contributed by atoms with Crippen LogP contribution in [0, 0.1) is 6.92 Å². The highest BCUT2D eigenvalue weighted by Gasteiger charge is 2.29. The Balaban J connectivity index is 1.99. The van der Waals surface area contributed by atoms with Crippen molar-refractivity contribution >= 4 is 11.9 Å². The van der Waals surface area contributed by atoms with Crippen LogP contribution in [0.2, 0.25) is 0 Å². The third-order valence-corrected chi connectivity index (χ3v) is 3.65. The molecule has 2 aromatic rings. The molecule has 0 unspecified atom stereocenters. The molecule has 4 heteroatoms. The van der Waals surface area contributed by atoms with Gasteiger partial charge >= 0.3 is 0 Å². The van der Waals surface area contributed by atoms with Gasteiger partial charge in [0.1, 0.15) is 17.2 Å². The van der Waals surface area contributed by atoms with Crippen LogP contribution in [0.4, 0.5) is 0 Å². The van der Waals surface area contributed by atoms with Gasteiger partial charge in [0.2, 0.25) is 5.78 Å². The molecule has 0 amide bonds. The summed E-state index contributed by atoms with van der Waals surface area (Å²) in [6.07, 6.45) is 1.72. The van der Waals surface area contributed by atoms with Crippen molar-refractivity contribution in [3.63, 3.8) is 0 Å². The zero-order chi connectivity index (χ0) is 15.7. The van der Waals surface area contributed by atoms with Crippen LogP contribution in [0.15, 0.2) is 42.2 Å². The van der Waals surface area contributed by atoms with Gasteiger partial charge < -0.3 is 14.2 Å². The Morgan fingerprint density at radius 1 is 1.09 bits per heavy atom. The van der Waals surface area contributed by atoms with Crippen LogP contribution in [-0.4, -0.2) is 20.0 Å². The zero-order valence-electron chi connectivity index (χ0n) is 12.7. The quantitative estimate of drug-likeness (QED) is 0.811. The number of hydrogen-bond acceptors (Lipinski definition) is 4. The standard InChI is InChI=1S/C18H16O4/c1-11-15(21-3)8-7-14-17(19)16(22-18(11)14)10-12-5-4-6-13(9-12)20-2/h4-10H,1-3H3/b16-10-. The van der Waals surface area contributed by atoms with Gasteiger partial charge in [-0.2, -0.15) is 0 Å².